The first-order valence-corrected chi connectivity index (χ1v) is 9.15. The van der Waals surface area contributed by atoms with Crippen LogP contribution in [0.5, 0.6) is 5.75 Å². The van der Waals surface area contributed by atoms with Crippen molar-refractivity contribution >= 4 is 17.5 Å². The standard InChI is InChI=1S/C22H28N2O3/c1-14(2)12-23-22(26)18-8-6-7-9-19(18)24-20(25)13-27-21-16(4)10-15(3)11-17(21)5/h6-11,14H,12-13H2,1-5H3,(H,23,26)(H,24,25). The van der Waals surface area contributed by atoms with E-state index < -0.39 is 0 Å². The Hall–Kier alpha value is -2.82. The maximum Gasteiger partial charge on any atom is 0.262 e. The van der Waals surface area contributed by atoms with E-state index in [0.29, 0.717) is 23.7 Å². The molecule has 27 heavy (non-hydrogen) atoms. The molecule has 0 bridgehead atoms. The molecule has 0 aliphatic heterocycles. The SMILES string of the molecule is Cc1cc(C)c(OCC(=O)Nc2ccccc2C(=O)NCC(C)C)c(C)c1. The fourth-order valence-corrected chi connectivity index (χ4v) is 2.90. The molecule has 144 valence electrons. The third-order valence-corrected chi connectivity index (χ3v) is 4.07. The lowest BCUT2D eigenvalue weighted by Crippen LogP contribution is -2.29. The van der Waals surface area contributed by atoms with Gasteiger partial charge in [0.25, 0.3) is 11.8 Å². The molecular weight excluding hydrogens is 340 g/mol. The Morgan fingerprint density at radius 1 is 1.04 bits per heavy atom. The average molecular weight is 368 g/mol. The molecule has 0 saturated carbocycles. The van der Waals surface area contributed by atoms with Crippen LogP contribution in [-0.4, -0.2) is 25.0 Å². The van der Waals surface area contributed by atoms with Crippen LogP contribution in [-0.2, 0) is 4.79 Å². The monoisotopic (exact) mass is 368 g/mol. The summed E-state index contributed by atoms with van der Waals surface area (Å²) in [6.45, 7) is 10.5. The predicted octanol–water partition coefficient (Wildman–Crippen LogP) is 4.02. The van der Waals surface area contributed by atoms with Gasteiger partial charge < -0.3 is 15.4 Å². The summed E-state index contributed by atoms with van der Waals surface area (Å²) >= 11 is 0. The number of anilines is 1. The fraction of sp³-hybridized carbons (Fsp3) is 0.364. The molecule has 0 radical (unpaired) electrons. The van der Waals surface area contributed by atoms with Crippen molar-refractivity contribution in [3.63, 3.8) is 0 Å². The number of para-hydroxylation sites is 1. The number of nitrogens with one attached hydrogen (secondary N) is 2. The topological polar surface area (TPSA) is 67.4 Å². The zero-order valence-corrected chi connectivity index (χ0v) is 16.7. The Morgan fingerprint density at radius 2 is 1.67 bits per heavy atom. The van der Waals surface area contributed by atoms with Crippen molar-refractivity contribution < 1.29 is 14.3 Å². The van der Waals surface area contributed by atoms with E-state index in [2.05, 4.69) is 10.6 Å². The van der Waals surface area contributed by atoms with Crippen molar-refractivity contribution in [3.05, 3.63) is 58.7 Å². The first kappa shape index (κ1) is 20.5. The smallest absolute Gasteiger partial charge is 0.262 e. The molecule has 0 fully saturated rings. The zero-order chi connectivity index (χ0) is 20.0. The van der Waals surface area contributed by atoms with Crippen LogP contribution in [0.1, 0.15) is 40.9 Å². The third-order valence-electron chi connectivity index (χ3n) is 4.07. The van der Waals surface area contributed by atoms with Crippen LogP contribution >= 0.6 is 0 Å². The number of carbonyl (C=O) groups excluding carboxylic acids is 2. The van der Waals surface area contributed by atoms with Crippen LogP contribution in [0.25, 0.3) is 0 Å². The molecule has 0 aliphatic carbocycles. The normalized spacial score (nSPS) is 10.6. The lowest BCUT2D eigenvalue weighted by Gasteiger charge is -2.15. The van der Waals surface area contributed by atoms with Crippen molar-refractivity contribution in [1.82, 2.24) is 5.32 Å². The molecule has 2 rings (SSSR count). The van der Waals surface area contributed by atoms with E-state index in [-0.39, 0.29) is 18.4 Å². The van der Waals surface area contributed by atoms with Crippen molar-refractivity contribution in [2.45, 2.75) is 34.6 Å². The number of amides is 2. The predicted molar refractivity (Wildman–Crippen MR) is 108 cm³/mol. The second kappa shape index (κ2) is 9.21. The molecule has 2 N–H and O–H groups in total. The van der Waals surface area contributed by atoms with E-state index >= 15 is 0 Å². The van der Waals surface area contributed by atoms with Gasteiger partial charge in [-0.05, 0) is 49.9 Å². The van der Waals surface area contributed by atoms with E-state index in [1.807, 2.05) is 46.8 Å². The quantitative estimate of drug-likeness (QED) is 0.776. The van der Waals surface area contributed by atoms with E-state index in [1.165, 1.54) is 0 Å². The van der Waals surface area contributed by atoms with Gasteiger partial charge in [-0.2, -0.15) is 0 Å². The lowest BCUT2D eigenvalue weighted by atomic mass is 10.1. The average Bonchev–Trinajstić information content (AvgIpc) is 2.59. The van der Waals surface area contributed by atoms with Gasteiger partial charge in [0.1, 0.15) is 5.75 Å². The molecule has 5 heteroatoms. The molecule has 0 aliphatic rings. The third kappa shape index (κ3) is 5.84. The number of hydrogen-bond acceptors (Lipinski definition) is 3. The Morgan fingerprint density at radius 3 is 2.30 bits per heavy atom. The van der Waals surface area contributed by atoms with Crippen LogP contribution in [0, 0.1) is 26.7 Å². The minimum Gasteiger partial charge on any atom is -0.483 e. The number of carbonyl (C=O) groups is 2. The number of ether oxygens (including phenoxy) is 1. The molecular formula is C22H28N2O3. The van der Waals surface area contributed by atoms with Gasteiger partial charge in [0.05, 0.1) is 11.3 Å². The molecule has 2 aromatic carbocycles. The first-order valence-electron chi connectivity index (χ1n) is 9.15. The maximum atomic E-state index is 12.4. The van der Waals surface area contributed by atoms with Gasteiger partial charge in [0.2, 0.25) is 0 Å². The summed E-state index contributed by atoms with van der Waals surface area (Å²) in [7, 11) is 0. The van der Waals surface area contributed by atoms with E-state index in [0.717, 1.165) is 22.4 Å². The second-order valence-corrected chi connectivity index (χ2v) is 7.21. The summed E-state index contributed by atoms with van der Waals surface area (Å²) in [6.07, 6.45) is 0. The highest BCUT2D eigenvalue weighted by atomic mass is 16.5. The van der Waals surface area contributed by atoms with Gasteiger partial charge in [0, 0.05) is 6.54 Å². The molecule has 0 aromatic heterocycles. The Kier molecular flexibility index (Phi) is 6.99. The van der Waals surface area contributed by atoms with E-state index in [4.69, 9.17) is 4.74 Å². The zero-order valence-electron chi connectivity index (χ0n) is 16.7. The van der Waals surface area contributed by atoms with Crippen LogP contribution < -0.4 is 15.4 Å². The fourth-order valence-electron chi connectivity index (χ4n) is 2.90. The molecule has 0 heterocycles. The lowest BCUT2D eigenvalue weighted by molar-refractivity contribution is -0.118. The molecule has 0 atom stereocenters. The van der Waals surface area contributed by atoms with Crippen LogP contribution in [0.3, 0.4) is 0 Å². The first-order chi connectivity index (χ1) is 12.8. The molecule has 0 saturated heterocycles. The number of benzene rings is 2. The van der Waals surface area contributed by atoms with Gasteiger partial charge in [-0.25, -0.2) is 0 Å². The molecule has 2 amide bonds. The highest BCUT2D eigenvalue weighted by Crippen LogP contribution is 2.24. The van der Waals surface area contributed by atoms with Gasteiger partial charge in [-0.15, -0.1) is 0 Å². The summed E-state index contributed by atoms with van der Waals surface area (Å²) in [5.74, 6) is 0.563. The van der Waals surface area contributed by atoms with Crippen molar-refractivity contribution in [3.8, 4) is 5.75 Å². The molecule has 5 nitrogen and oxygen atoms in total. The highest BCUT2D eigenvalue weighted by Gasteiger charge is 2.14. The van der Waals surface area contributed by atoms with Crippen LogP contribution in [0.15, 0.2) is 36.4 Å². The number of hydrogen-bond donors (Lipinski definition) is 2. The summed E-state index contributed by atoms with van der Waals surface area (Å²) in [4.78, 5) is 24.7. The van der Waals surface area contributed by atoms with Crippen molar-refractivity contribution in [2.24, 2.45) is 5.92 Å². The van der Waals surface area contributed by atoms with Crippen molar-refractivity contribution in [1.29, 1.82) is 0 Å². The van der Waals surface area contributed by atoms with Gasteiger partial charge in [-0.3, -0.25) is 9.59 Å². The molecule has 2 aromatic rings. The number of rotatable bonds is 7. The Labute approximate surface area is 161 Å². The number of aryl methyl sites for hydroxylation is 3. The van der Waals surface area contributed by atoms with E-state index in [9.17, 15) is 9.59 Å². The van der Waals surface area contributed by atoms with Crippen LogP contribution in [0.4, 0.5) is 5.69 Å². The Balaban J connectivity index is 2.03. The maximum absolute atomic E-state index is 12.4. The van der Waals surface area contributed by atoms with E-state index in [1.54, 1.807) is 24.3 Å². The van der Waals surface area contributed by atoms with Gasteiger partial charge in [0.15, 0.2) is 6.61 Å². The summed E-state index contributed by atoms with van der Waals surface area (Å²) in [6, 6.07) is 11.0. The van der Waals surface area contributed by atoms with Gasteiger partial charge >= 0.3 is 0 Å². The van der Waals surface area contributed by atoms with Crippen molar-refractivity contribution in [2.75, 3.05) is 18.5 Å². The molecule has 0 spiro atoms. The minimum atomic E-state index is -0.307. The summed E-state index contributed by atoms with van der Waals surface area (Å²) in [5, 5.41) is 5.64. The Bertz CT molecular complexity index is 805. The molecule has 0 unspecified atom stereocenters. The van der Waals surface area contributed by atoms with Crippen LogP contribution in [0.2, 0.25) is 0 Å². The van der Waals surface area contributed by atoms with Gasteiger partial charge in [-0.1, -0.05) is 43.7 Å². The summed E-state index contributed by atoms with van der Waals surface area (Å²) < 4.78 is 5.72. The highest BCUT2D eigenvalue weighted by molar-refractivity contribution is 6.04. The second-order valence-electron chi connectivity index (χ2n) is 7.21. The minimum absolute atomic E-state index is 0.118. The largest absolute Gasteiger partial charge is 0.483 e. The summed E-state index contributed by atoms with van der Waals surface area (Å²) in [5.41, 5.74) is 4.06.